The zero-order valence-electron chi connectivity index (χ0n) is 15.6. The topological polar surface area (TPSA) is 79.9 Å². The van der Waals surface area contributed by atoms with Gasteiger partial charge in [0, 0.05) is 5.69 Å². The number of hydrogen-bond acceptors (Lipinski definition) is 5. The van der Waals surface area contributed by atoms with Crippen molar-refractivity contribution in [1.82, 2.24) is 15.2 Å². The summed E-state index contributed by atoms with van der Waals surface area (Å²) >= 11 is 1.28. The van der Waals surface area contributed by atoms with Gasteiger partial charge in [-0.15, -0.1) is 5.10 Å². The maximum atomic E-state index is 12.3. The fourth-order valence-corrected chi connectivity index (χ4v) is 3.38. The van der Waals surface area contributed by atoms with E-state index in [-0.39, 0.29) is 11.7 Å². The van der Waals surface area contributed by atoms with Gasteiger partial charge in [0.05, 0.1) is 5.75 Å². The van der Waals surface area contributed by atoms with Gasteiger partial charge in [0.15, 0.2) is 5.82 Å². The van der Waals surface area contributed by atoms with Crippen molar-refractivity contribution in [3.8, 4) is 5.75 Å². The molecule has 2 N–H and O–H groups in total. The highest BCUT2D eigenvalue weighted by Gasteiger charge is 2.11. The Bertz CT molecular complexity index is 902. The van der Waals surface area contributed by atoms with E-state index < -0.39 is 0 Å². The SMILES string of the molecule is Cc1cc(C)c(NC(=O)CSc2n[nH]c(COc3ccccc3)n2)c(C)c1. The second-order valence-electron chi connectivity index (χ2n) is 6.28. The molecule has 3 aromatic rings. The molecule has 1 heterocycles. The van der Waals surface area contributed by atoms with Crippen molar-refractivity contribution in [2.75, 3.05) is 11.1 Å². The number of hydrogen-bond donors (Lipinski definition) is 2. The van der Waals surface area contributed by atoms with Crippen molar-refractivity contribution in [3.63, 3.8) is 0 Å². The maximum Gasteiger partial charge on any atom is 0.234 e. The molecule has 0 fully saturated rings. The van der Waals surface area contributed by atoms with Gasteiger partial charge < -0.3 is 10.1 Å². The Hall–Kier alpha value is -2.80. The van der Waals surface area contributed by atoms with E-state index in [1.807, 2.05) is 51.1 Å². The van der Waals surface area contributed by atoms with E-state index in [1.54, 1.807) is 0 Å². The number of thioether (sulfide) groups is 1. The zero-order valence-corrected chi connectivity index (χ0v) is 16.4. The van der Waals surface area contributed by atoms with Crippen LogP contribution in [0.5, 0.6) is 5.75 Å². The van der Waals surface area contributed by atoms with Crippen LogP contribution < -0.4 is 10.1 Å². The molecule has 6 nitrogen and oxygen atoms in total. The monoisotopic (exact) mass is 382 g/mol. The molecule has 0 unspecified atom stereocenters. The number of carbonyl (C=O) groups is 1. The van der Waals surface area contributed by atoms with E-state index in [0.717, 1.165) is 22.6 Å². The summed E-state index contributed by atoms with van der Waals surface area (Å²) in [5.41, 5.74) is 4.18. The van der Waals surface area contributed by atoms with Gasteiger partial charge in [0.1, 0.15) is 12.4 Å². The molecule has 0 saturated carbocycles. The molecular weight excluding hydrogens is 360 g/mol. The van der Waals surface area contributed by atoms with Gasteiger partial charge in [0.25, 0.3) is 0 Å². The van der Waals surface area contributed by atoms with E-state index >= 15 is 0 Å². The Morgan fingerprint density at radius 2 is 1.85 bits per heavy atom. The summed E-state index contributed by atoms with van der Waals surface area (Å²) in [4.78, 5) is 16.6. The summed E-state index contributed by atoms with van der Waals surface area (Å²) in [6.07, 6.45) is 0. The Balaban J connectivity index is 1.50. The second kappa shape index (κ2) is 8.73. The molecule has 0 radical (unpaired) electrons. The van der Waals surface area contributed by atoms with Crippen LogP contribution in [0.15, 0.2) is 47.6 Å². The standard InChI is InChI=1S/C20H22N4O2S/c1-13-9-14(2)19(15(3)10-13)22-18(25)12-27-20-21-17(23-24-20)11-26-16-7-5-4-6-8-16/h4-10H,11-12H2,1-3H3,(H,22,25)(H,21,23,24). The molecule has 0 spiro atoms. The molecule has 2 aromatic carbocycles. The number of H-pyrrole nitrogens is 1. The Morgan fingerprint density at radius 1 is 1.15 bits per heavy atom. The van der Waals surface area contributed by atoms with Crippen molar-refractivity contribution >= 4 is 23.4 Å². The first-order chi connectivity index (χ1) is 13.0. The van der Waals surface area contributed by atoms with E-state index in [9.17, 15) is 4.79 Å². The van der Waals surface area contributed by atoms with Crippen LogP contribution in [0, 0.1) is 20.8 Å². The van der Waals surface area contributed by atoms with Crippen molar-refractivity contribution < 1.29 is 9.53 Å². The molecule has 140 valence electrons. The summed E-state index contributed by atoms with van der Waals surface area (Å²) in [5.74, 6) is 1.55. The van der Waals surface area contributed by atoms with Gasteiger partial charge in [-0.2, -0.15) is 0 Å². The smallest absolute Gasteiger partial charge is 0.234 e. The van der Waals surface area contributed by atoms with Crippen LogP contribution in [-0.4, -0.2) is 26.8 Å². The lowest BCUT2D eigenvalue weighted by Crippen LogP contribution is -2.16. The first-order valence-electron chi connectivity index (χ1n) is 8.61. The zero-order chi connectivity index (χ0) is 19.2. The van der Waals surface area contributed by atoms with Gasteiger partial charge in [-0.1, -0.05) is 47.7 Å². The number of aromatic amines is 1. The van der Waals surface area contributed by atoms with E-state index in [4.69, 9.17) is 4.74 Å². The first kappa shape index (κ1) is 19.0. The predicted octanol–water partition coefficient (Wildman–Crippen LogP) is 4.04. The molecule has 1 aromatic heterocycles. The normalized spacial score (nSPS) is 10.6. The predicted molar refractivity (Wildman–Crippen MR) is 107 cm³/mol. The van der Waals surface area contributed by atoms with Gasteiger partial charge >= 0.3 is 0 Å². The molecule has 0 aliphatic heterocycles. The van der Waals surface area contributed by atoms with Gasteiger partial charge in [0.2, 0.25) is 11.1 Å². The summed E-state index contributed by atoms with van der Waals surface area (Å²) in [6, 6.07) is 13.6. The van der Waals surface area contributed by atoms with Crippen LogP contribution in [-0.2, 0) is 11.4 Å². The average Bonchev–Trinajstić information content (AvgIpc) is 3.10. The Kier molecular flexibility index (Phi) is 6.13. The molecular formula is C20H22N4O2S. The number of nitrogens with one attached hydrogen (secondary N) is 2. The van der Waals surface area contributed by atoms with E-state index in [0.29, 0.717) is 17.6 Å². The van der Waals surface area contributed by atoms with E-state index in [1.165, 1.54) is 17.3 Å². The minimum absolute atomic E-state index is 0.0815. The fraction of sp³-hybridized carbons (Fsp3) is 0.250. The Morgan fingerprint density at radius 3 is 2.56 bits per heavy atom. The number of para-hydroxylation sites is 1. The Labute approximate surface area is 162 Å². The quantitative estimate of drug-likeness (QED) is 0.603. The third kappa shape index (κ3) is 5.34. The number of aromatic nitrogens is 3. The van der Waals surface area contributed by atoms with Crippen LogP contribution in [0.3, 0.4) is 0 Å². The lowest BCUT2D eigenvalue weighted by atomic mass is 10.1. The maximum absolute atomic E-state index is 12.3. The molecule has 27 heavy (non-hydrogen) atoms. The number of amides is 1. The molecule has 1 amide bonds. The molecule has 0 saturated heterocycles. The van der Waals surface area contributed by atoms with Crippen molar-refractivity contribution in [3.05, 3.63) is 65.0 Å². The number of anilines is 1. The van der Waals surface area contributed by atoms with Crippen LogP contribution in [0.4, 0.5) is 5.69 Å². The van der Waals surface area contributed by atoms with Gasteiger partial charge in [-0.25, -0.2) is 4.98 Å². The van der Waals surface area contributed by atoms with E-state index in [2.05, 4.69) is 32.6 Å². The minimum Gasteiger partial charge on any atom is -0.486 e. The average molecular weight is 382 g/mol. The largest absolute Gasteiger partial charge is 0.486 e. The minimum atomic E-state index is -0.0815. The first-order valence-corrected chi connectivity index (χ1v) is 9.59. The molecule has 0 aliphatic rings. The second-order valence-corrected chi connectivity index (χ2v) is 7.22. The van der Waals surface area contributed by atoms with Gasteiger partial charge in [-0.05, 0) is 44.0 Å². The third-order valence-corrected chi connectivity index (χ3v) is 4.75. The number of nitrogens with zero attached hydrogens (tertiary/aromatic N) is 2. The number of benzene rings is 2. The molecule has 0 bridgehead atoms. The highest BCUT2D eigenvalue weighted by atomic mass is 32.2. The molecule has 0 atom stereocenters. The lowest BCUT2D eigenvalue weighted by molar-refractivity contribution is -0.113. The van der Waals surface area contributed by atoms with Crippen LogP contribution >= 0.6 is 11.8 Å². The summed E-state index contributed by atoms with van der Waals surface area (Å²) < 4.78 is 5.62. The van der Waals surface area contributed by atoms with Crippen molar-refractivity contribution in [2.45, 2.75) is 32.5 Å². The van der Waals surface area contributed by atoms with Gasteiger partial charge in [-0.3, -0.25) is 9.89 Å². The summed E-state index contributed by atoms with van der Waals surface area (Å²) in [7, 11) is 0. The molecule has 3 rings (SSSR count). The number of aryl methyl sites for hydroxylation is 3. The fourth-order valence-electron chi connectivity index (χ4n) is 2.76. The highest BCUT2D eigenvalue weighted by Crippen LogP contribution is 2.22. The van der Waals surface area contributed by atoms with Crippen molar-refractivity contribution in [1.29, 1.82) is 0 Å². The van der Waals surface area contributed by atoms with Crippen LogP contribution in [0.1, 0.15) is 22.5 Å². The highest BCUT2D eigenvalue weighted by molar-refractivity contribution is 7.99. The molecule has 7 heteroatoms. The van der Waals surface area contributed by atoms with Crippen molar-refractivity contribution in [2.24, 2.45) is 0 Å². The van der Waals surface area contributed by atoms with Crippen LogP contribution in [0.2, 0.25) is 0 Å². The number of carbonyl (C=O) groups excluding carboxylic acids is 1. The number of ether oxygens (including phenoxy) is 1. The lowest BCUT2D eigenvalue weighted by Gasteiger charge is -2.12. The van der Waals surface area contributed by atoms with Crippen LogP contribution in [0.25, 0.3) is 0 Å². The summed E-state index contributed by atoms with van der Waals surface area (Å²) in [6.45, 7) is 6.34. The summed E-state index contributed by atoms with van der Waals surface area (Å²) in [5, 5.41) is 10.5. The molecule has 0 aliphatic carbocycles. The third-order valence-electron chi connectivity index (χ3n) is 3.90. The number of rotatable bonds is 7.